The molecule has 0 aliphatic carbocycles. The van der Waals surface area contributed by atoms with Crippen LogP contribution in [0, 0.1) is 0 Å². The van der Waals surface area contributed by atoms with E-state index in [4.69, 9.17) is 18.6 Å². The van der Waals surface area contributed by atoms with Crippen LogP contribution in [0.3, 0.4) is 0 Å². The highest BCUT2D eigenvalue weighted by molar-refractivity contribution is 6.09. The second-order valence-electron chi connectivity index (χ2n) is 17.0. The van der Waals surface area contributed by atoms with Crippen LogP contribution in [0.4, 0.5) is 0 Å². The topological polar surface area (TPSA) is 271 Å². The number of carbonyl (C=O) groups is 3. The van der Waals surface area contributed by atoms with Crippen molar-refractivity contribution in [2.24, 2.45) is 0 Å². The van der Waals surface area contributed by atoms with Crippen LogP contribution in [0.5, 0.6) is 63.2 Å². The van der Waals surface area contributed by atoms with Gasteiger partial charge in [-0.05, 0) is 114 Å². The number of fused-ring (bicyclic) bond motifs is 2. The largest absolute Gasteiger partial charge is 0.508 e. The number of phenols is 8. The van der Waals surface area contributed by atoms with E-state index >= 15 is 0 Å². The molecule has 1 unspecified atom stereocenters. The highest BCUT2D eigenvalue weighted by Crippen LogP contribution is 2.42. The number of para-hydroxylation sites is 1. The summed E-state index contributed by atoms with van der Waals surface area (Å²) in [6.07, 6.45) is 5.66. The summed E-state index contributed by atoms with van der Waals surface area (Å²) in [7, 11) is 3.17. The lowest BCUT2D eigenvalue weighted by Gasteiger charge is -2.26. The molecule has 0 spiro atoms. The Morgan fingerprint density at radius 2 is 1.09 bits per heavy atom. The van der Waals surface area contributed by atoms with Gasteiger partial charge in [-0.15, -0.1) is 0 Å². The molecule has 16 heteroatoms. The zero-order chi connectivity index (χ0) is 55.9. The molecule has 0 fully saturated rings. The maximum absolute atomic E-state index is 12.2. The van der Waals surface area contributed by atoms with Crippen molar-refractivity contribution in [1.29, 1.82) is 0 Å². The number of hydrogen-bond acceptors (Lipinski definition) is 16. The molecule has 1 atom stereocenters. The zero-order valence-corrected chi connectivity index (χ0v) is 41.7. The summed E-state index contributed by atoms with van der Waals surface area (Å²) in [4.78, 5) is 47.9. The van der Waals surface area contributed by atoms with Gasteiger partial charge in [0.25, 0.3) is 0 Å². The molecule has 1 aromatic heterocycles. The molecule has 0 amide bonds. The molecule has 8 aromatic carbocycles. The summed E-state index contributed by atoms with van der Waals surface area (Å²) in [6, 6.07) is 46.1. The molecule has 1 aliphatic heterocycles. The van der Waals surface area contributed by atoms with Crippen LogP contribution >= 0.6 is 0 Å². The Morgan fingerprint density at radius 1 is 0.513 bits per heavy atom. The van der Waals surface area contributed by atoms with Gasteiger partial charge in [-0.1, -0.05) is 78.9 Å². The van der Waals surface area contributed by atoms with Gasteiger partial charge in [0.2, 0.25) is 0 Å². The molecule has 0 saturated carbocycles. The van der Waals surface area contributed by atoms with Crippen LogP contribution in [0.2, 0.25) is 0 Å². The predicted octanol–water partition coefficient (Wildman–Crippen LogP) is 11.7. The summed E-state index contributed by atoms with van der Waals surface area (Å²) in [5.41, 5.74) is 3.51. The van der Waals surface area contributed by atoms with Gasteiger partial charge in [0.05, 0.1) is 31.8 Å². The van der Waals surface area contributed by atoms with Gasteiger partial charge in [-0.2, -0.15) is 0 Å². The quantitative estimate of drug-likeness (QED) is 0.0467. The fourth-order valence-corrected chi connectivity index (χ4v) is 7.70. The van der Waals surface area contributed by atoms with E-state index in [1.165, 1.54) is 60.7 Å². The Balaban J connectivity index is 0.000000151. The first-order valence-electron chi connectivity index (χ1n) is 23.6. The van der Waals surface area contributed by atoms with Crippen LogP contribution in [0.15, 0.2) is 197 Å². The number of ketones is 3. The van der Waals surface area contributed by atoms with E-state index < -0.39 is 6.10 Å². The number of hydrogen-bond donors (Lipinski definition) is 8. The van der Waals surface area contributed by atoms with Gasteiger partial charge in [-0.25, -0.2) is 0 Å². The van der Waals surface area contributed by atoms with Crippen molar-refractivity contribution in [3.05, 3.63) is 232 Å². The number of ether oxygens (including phenoxy) is 3. The van der Waals surface area contributed by atoms with Crippen molar-refractivity contribution in [2.75, 3.05) is 14.2 Å². The lowest BCUT2D eigenvalue weighted by molar-refractivity contribution is 0.0844. The normalized spacial score (nSPS) is 12.4. The highest BCUT2D eigenvalue weighted by Gasteiger charge is 2.31. The molecule has 0 saturated heterocycles. The smallest absolute Gasteiger partial charge is 0.197 e. The van der Waals surface area contributed by atoms with Gasteiger partial charge >= 0.3 is 0 Å². The number of phenolic OH excluding ortho intramolecular Hbond substituents is 8. The van der Waals surface area contributed by atoms with E-state index in [1.54, 1.807) is 117 Å². The second kappa shape index (κ2) is 25.5. The summed E-state index contributed by atoms with van der Waals surface area (Å²) in [5.74, 6) is 0.541. The number of allylic oxidation sites excluding steroid dienone is 2. The SMILES string of the molecule is COc1ccc(/C=C/C(=O)c2ccc(O)cc2O)cc1.COc1ccc(C2CC(=O)c3c(O)cc(O)cc3O2)cc1.O=C(/C=C/c1cccc(O)c1)c1ccccc1O.O=c1cc(-c2cccc(O)c2)oc2cccc(O)c12. The summed E-state index contributed by atoms with van der Waals surface area (Å²) in [6.45, 7) is 0. The monoisotopic (exact) mass is 1050 g/mol. The maximum atomic E-state index is 12.2. The highest BCUT2D eigenvalue weighted by atomic mass is 16.5. The molecule has 2 heterocycles. The van der Waals surface area contributed by atoms with Crippen LogP contribution in [-0.4, -0.2) is 72.4 Å². The first-order chi connectivity index (χ1) is 37.5. The van der Waals surface area contributed by atoms with Crippen LogP contribution in [0.1, 0.15) is 60.3 Å². The molecule has 8 N–H and O–H groups in total. The molecule has 394 valence electrons. The molecule has 10 rings (SSSR count). The molecule has 78 heavy (non-hydrogen) atoms. The van der Waals surface area contributed by atoms with E-state index in [1.807, 2.05) is 24.3 Å². The molecule has 9 aromatic rings. The van der Waals surface area contributed by atoms with Crippen LogP contribution in [0.25, 0.3) is 34.4 Å². The molecule has 0 bridgehead atoms. The standard InChI is InChI=1S/C16H14O5.C16H14O4.C15H10O4.C15H12O3/c1-20-11-4-2-9(3-5-11)14-8-13(19)16-12(18)6-10(17)7-15(16)21-14;1-20-13-6-2-11(3-7-13)4-9-15(18)14-8-5-12(17)10-16(14)19;16-10-4-1-3-9(7-10)14-8-12(18)15-11(17)5-2-6-13(15)19-14;16-12-5-3-4-11(10-12)8-9-15(18)13-6-1-2-7-14(13)17/h2-7,14,17-18H,8H2,1H3;2-10,17,19H,1H3;1-8,16-17H;1-10,16-17H/b;9-4+;;9-8+. The number of carbonyl (C=O) groups excluding carboxylic acids is 3. The molecular formula is C62H50O16. The maximum Gasteiger partial charge on any atom is 0.197 e. The van der Waals surface area contributed by atoms with Gasteiger partial charge in [0, 0.05) is 29.8 Å². The fourth-order valence-electron chi connectivity index (χ4n) is 7.70. The van der Waals surface area contributed by atoms with Crippen LogP contribution in [-0.2, 0) is 0 Å². The number of aromatic hydroxyl groups is 8. The third-order valence-electron chi connectivity index (χ3n) is 11.6. The van der Waals surface area contributed by atoms with Gasteiger partial charge in [-0.3, -0.25) is 19.2 Å². The molecule has 1 aliphatic rings. The Hall–Kier alpha value is -10.7. The van der Waals surface area contributed by atoms with Crippen molar-refractivity contribution in [2.45, 2.75) is 12.5 Å². The summed E-state index contributed by atoms with van der Waals surface area (Å²) in [5, 5.41) is 76.1. The number of Topliss-reactive ketones (excluding diaryl/α,β-unsaturated/α-hetero) is 1. The number of rotatable bonds is 10. The van der Waals surface area contributed by atoms with Crippen molar-refractivity contribution >= 4 is 40.5 Å². The Labute approximate surface area is 445 Å². The minimum Gasteiger partial charge on any atom is -0.508 e. The first-order valence-corrected chi connectivity index (χ1v) is 23.6. The lowest BCUT2D eigenvalue weighted by atomic mass is 9.95. The predicted molar refractivity (Wildman–Crippen MR) is 292 cm³/mol. The van der Waals surface area contributed by atoms with Crippen molar-refractivity contribution < 1.29 is 73.9 Å². The van der Waals surface area contributed by atoms with Gasteiger partial charge in [0.15, 0.2) is 22.8 Å². The molecular weight excluding hydrogens is 1000 g/mol. The number of methoxy groups -OCH3 is 2. The van der Waals surface area contributed by atoms with E-state index in [9.17, 15) is 60.0 Å². The van der Waals surface area contributed by atoms with Crippen molar-refractivity contribution in [3.63, 3.8) is 0 Å². The van der Waals surface area contributed by atoms with Crippen LogP contribution < -0.4 is 19.6 Å². The number of benzene rings is 8. The lowest BCUT2D eigenvalue weighted by Crippen LogP contribution is -2.20. The van der Waals surface area contributed by atoms with E-state index in [-0.39, 0.29) is 103 Å². The van der Waals surface area contributed by atoms with E-state index in [2.05, 4.69) is 0 Å². The zero-order valence-electron chi connectivity index (χ0n) is 41.7. The van der Waals surface area contributed by atoms with E-state index in [0.717, 1.165) is 40.3 Å². The fraction of sp³-hybridized carbons (Fsp3) is 0.0645. The minimum atomic E-state index is -0.447. The van der Waals surface area contributed by atoms with Gasteiger partial charge < -0.3 is 59.5 Å². The first kappa shape index (κ1) is 55.0. The Morgan fingerprint density at radius 3 is 1.73 bits per heavy atom. The van der Waals surface area contributed by atoms with Crippen molar-refractivity contribution in [3.8, 4) is 74.6 Å². The van der Waals surface area contributed by atoms with Gasteiger partial charge in [0.1, 0.15) is 91.6 Å². The second-order valence-corrected chi connectivity index (χ2v) is 17.0. The van der Waals surface area contributed by atoms with Crippen molar-refractivity contribution in [1.82, 2.24) is 0 Å². The Bertz CT molecular complexity index is 3730. The third kappa shape index (κ3) is 14.3. The minimum absolute atomic E-state index is 0.0388. The average molecular weight is 1050 g/mol. The average Bonchev–Trinajstić information content (AvgIpc) is 3.47. The molecule has 16 nitrogen and oxygen atoms in total. The summed E-state index contributed by atoms with van der Waals surface area (Å²) < 4.78 is 21.5. The van der Waals surface area contributed by atoms with E-state index in [0.29, 0.717) is 16.9 Å². The molecule has 0 radical (unpaired) electrons. The third-order valence-corrected chi connectivity index (χ3v) is 11.6. The summed E-state index contributed by atoms with van der Waals surface area (Å²) >= 11 is 0. The Kier molecular flexibility index (Phi) is 18.0.